The molecule has 5 heteroatoms. The molecule has 1 aliphatic heterocycles. The number of hydrogen-bond donors (Lipinski definition) is 0. The van der Waals surface area contributed by atoms with Crippen LogP contribution in [-0.4, -0.2) is 30.4 Å². The molecule has 2 aromatic rings. The van der Waals surface area contributed by atoms with Gasteiger partial charge in [0, 0.05) is 9.79 Å². The van der Waals surface area contributed by atoms with Gasteiger partial charge in [-0.1, -0.05) is 49.9 Å². The molecule has 3 rings (SSSR count). The second-order valence-corrected chi connectivity index (χ2v) is 6.31. The average molecular weight is 349 g/mol. The van der Waals surface area contributed by atoms with E-state index in [1.807, 2.05) is 41.3 Å². The third-order valence-electron chi connectivity index (χ3n) is 3.93. The van der Waals surface area contributed by atoms with E-state index in [2.05, 4.69) is 30.9 Å². The standard InChI is InChI=1S/C18H20N2OS.ClH/c1-3-19(4-2)13-18(21)20-14-9-5-7-11-16(14)22-17-12-8-6-10-15(17)20;/h5-12H,3-4,13H2,1-2H3;1H. The Bertz CT molecular complexity index is 643. The zero-order chi connectivity index (χ0) is 15.5. The van der Waals surface area contributed by atoms with E-state index in [0.717, 1.165) is 34.3 Å². The van der Waals surface area contributed by atoms with Crippen LogP contribution in [0.1, 0.15) is 13.8 Å². The maximum atomic E-state index is 12.9. The van der Waals surface area contributed by atoms with Crippen LogP contribution in [0.4, 0.5) is 11.4 Å². The SMILES string of the molecule is CCN(CC)CC(=O)N1c2ccccc2Sc2ccccc21.Cl. The van der Waals surface area contributed by atoms with Crippen LogP contribution in [0.5, 0.6) is 0 Å². The minimum Gasteiger partial charge on any atom is -0.295 e. The molecule has 0 spiro atoms. The topological polar surface area (TPSA) is 23.6 Å². The highest BCUT2D eigenvalue weighted by atomic mass is 35.5. The number of anilines is 2. The van der Waals surface area contributed by atoms with Gasteiger partial charge in [-0.05, 0) is 37.4 Å². The summed E-state index contributed by atoms with van der Waals surface area (Å²) in [5.74, 6) is 0.129. The molecule has 0 saturated carbocycles. The molecule has 0 atom stereocenters. The Kier molecular flexibility index (Phi) is 6.10. The molecular weight excluding hydrogens is 328 g/mol. The Balaban J connectivity index is 0.00000192. The van der Waals surface area contributed by atoms with Crippen molar-refractivity contribution in [2.75, 3.05) is 24.5 Å². The predicted octanol–water partition coefficient (Wildman–Crippen LogP) is 4.58. The fourth-order valence-corrected chi connectivity index (χ4v) is 3.74. The van der Waals surface area contributed by atoms with Crippen molar-refractivity contribution in [3.8, 4) is 0 Å². The number of para-hydroxylation sites is 2. The summed E-state index contributed by atoms with van der Waals surface area (Å²) in [5, 5.41) is 0. The number of fused-ring (bicyclic) bond motifs is 2. The fourth-order valence-electron chi connectivity index (χ4n) is 2.68. The predicted molar refractivity (Wildman–Crippen MR) is 99.2 cm³/mol. The fraction of sp³-hybridized carbons (Fsp3) is 0.278. The van der Waals surface area contributed by atoms with Gasteiger partial charge < -0.3 is 0 Å². The Morgan fingerprint density at radius 3 is 1.91 bits per heavy atom. The minimum absolute atomic E-state index is 0. The molecule has 0 saturated heterocycles. The first-order valence-corrected chi connectivity index (χ1v) is 8.47. The first-order valence-electron chi connectivity index (χ1n) is 7.65. The summed E-state index contributed by atoms with van der Waals surface area (Å²) in [6.45, 7) is 6.39. The van der Waals surface area contributed by atoms with E-state index in [1.165, 1.54) is 0 Å². The normalized spacial score (nSPS) is 12.4. The van der Waals surface area contributed by atoms with Crippen LogP contribution in [0, 0.1) is 0 Å². The van der Waals surface area contributed by atoms with Gasteiger partial charge in [-0.15, -0.1) is 12.4 Å². The zero-order valence-electron chi connectivity index (χ0n) is 13.4. The lowest BCUT2D eigenvalue weighted by atomic mass is 10.2. The van der Waals surface area contributed by atoms with E-state index in [0.29, 0.717) is 6.54 Å². The highest BCUT2D eigenvalue weighted by Crippen LogP contribution is 2.47. The summed E-state index contributed by atoms with van der Waals surface area (Å²) < 4.78 is 0. The molecule has 0 aliphatic carbocycles. The van der Waals surface area contributed by atoms with Crippen LogP contribution in [0.3, 0.4) is 0 Å². The second-order valence-electron chi connectivity index (χ2n) is 5.23. The number of likely N-dealkylation sites (N-methyl/N-ethyl adjacent to an activating group) is 1. The number of carbonyl (C=O) groups excluding carboxylic acids is 1. The van der Waals surface area contributed by atoms with Gasteiger partial charge in [0.2, 0.25) is 5.91 Å². The van der Waals surface area contributed by atoms with Gasteiger partial charge in [0.15, 0.2) is 0 Å². The summed E-state index contributed by atoms with van der Waals surface area (Å²) in [6.07, 6.45) is 0. The molecule has 0 fully saturated rings. The number of benzene rings is 2. The quantitative estimate of drug-likeness (QED) is 0.808. The average Bonchev–Trinajstić information content (AvgIpc) is 2.57. The molecule has 2 aromatic carbocycles. The molecule has 1 aliphatic rings. The van der Waals surface area contributed by atoms with E-state index >= 15 is 0 Å². The Labute approximate surface area is 148 Å². The van der Waals surface area contributed by atoms with Crippen LogP contribution in [0.15, 0.2) is 58.3 Å². The monoisotopic (exact) mass is 348 g/mol. The van der Waals surface area contributed by atoms with E-state index < -0.39 is 0 Å². The number of amides is 1. The van der Waals surface area contributed by atoms with E-state index in [4.69, 9.17) is 0 Å². The summed E-state index contributed by atoms with van der Waals surface area (Å²) in [6, 6.07) is 16.2. The Hall–Kier alpha value is -1.49. The van der Waals surface area contributed by atoms with E-state index in [-0.39, 0.29) is 18.3 Å². The number of halogens is 1. The van der Waals surface area contributed by atoms with Gasteiger partial charge in [0.25, 0.3) is 0 Å². The molecular formula is C18H21ClN2OS. The molecule has 3 nitrogen and oxygen atoms in total. The van der Waals surface area contributed by atoms with Gasteiger partial charge in [-0.3, -0.25) is 14.6 Å². The first kappa shape index (κ1) is 17.9. The van der Waals surface area contributed by atoms with Crippen molar-refractivity contribution in [3.63, 3.8) is 0 Å². The van der Waals surface area contributed by atoms with Crippen LogP contribution in [0.2, 0.25) is 0 Å². The van der Waals surface area contributed by atoms with Crippen LogP contribution < -0.4 is 4.90 Å². The van der Waals surface area contributed by atoms with Crippen molar-refractivity contribution in [1.82, 2.24) is 4.90 Å². The van der Waals surface area contributed by atoms with Crippen LogP contribution >= 0.6 is 24.2 Å². The lowest BCUT2D eigenvalue weighted by Gasteiger charge is -2.32. The van der Waals surface area contributed by atoms with Crippen molar-refractivity contribution < 1.29 is 4.79 Å². The van der Waals surface area contributed by atoms with Crippen molar-refractivity contribution in [1.29, 1.82) is 0 Å². The Morgan fingerprint density at radius 2 is 1.43 bits per heavy atom. The number of nitrogens with zero attached hydrogens (tertiary/aromatic N) is 2. The van der Waals surface area contributed by atoms with Crippen molar-refractivity contribution in [2.24, 2.45) is 0 Å². The largest absolute Gasteiger partial charge is 0.295 e. The van der Waals surface area contributed by atoms with Gasteiger partial charge in [0.05, 0.1) is 17.9 Å². The third kappa shape index (κ3) is 3.55. The third-order valence-corrected chi connectivity index (χ3v) is 5.07. The lowest BCUT2D eigenvalue weighted by molar-refractivity contribution is -0.119. The highest BCUT2D eigenvalue weighted by Gasteiger charge is 2.28. The van der Waals surface area contributed by atoms with E-state index in [9.17, 15) is 4.79 Å². The van der Waals surface area contributed by atoms with Crippen LogP contribution in [0.25, 0.3) is 0 Å². The van der Waals surface area contributed by atoms with Crippen molar-refractivity contribution >= 4 is 41.5 Å². The van der Waals surface area contributed by atoms with Gasteiger partial charge in [-0.25, -0.2) is 0 Å². The number of carbonyl (C=O) groups is 1. The van der Waals surface area contributed by atoms with Crippen molar-refractivity contribution in [3.05, 3.63) is 48.5 Å². The summed E-state index contributed by atoms with van der Waals surface area (Å²) in [4.78, 5) is 19.2. The zero-order valence-corrected chi connectivity index (χ0v) is 15.0. The molecule has 0 radical (unpaired) electrons. The summed E-state index contributed by atoms with van der Waals surface area (Å²) in [5.41, 5.74) is 1.98. The van der Waals surface area contributed by atoms with Gasteiger partial charge in [0.1, 0.15) is 0 Å². The Morgan fingerprint density at radius 1 is 0.957 bits per heavy atom. The maximum Gasteiger partial charge on any atom is 0.245 e. The van der Waals surface area contributed by atoms with Crippen LogP contribution in [-0.2, 0) is 4.79 Å². The maximum absolute atomic E-state index is 12.9. The lowest BCUT2D eigenvalue weighted by Crippen LogP contribution is -2.39. The molecule has 0 bridgehead atoms. The number of rotatable bonds is 4. The molecule has 0 aromatic heterocycles. The number of hydrogen-bond acceptors (Lipinski definition) is 3. The van der Waals surface area contributed by atoms with Gasteiger partial charge >= 0.3 is 0 Å². The first-order chi connectivity index (χ1) is 10.7. The summed E-state index contributed by atoms with van der Waals surface area (Å²) in [7, 11) is 0. The van der Waals surface area contributed by atoms with Gasteiger partial charge in [-0.2, -0.15) is 0 Å². The van der Waals surface area contributed by atoms with Crippen molar-refractivity contribution in [2.45, 2.75) is 23.6 Å². The minimum atomic E-state index is 0. The molecule has 1 amide bonds. The second kappa shape index (κ2) is 7.86. The molecule has 23 heavy (non-hydrogen) atoms. The molecule has 0 unspecified atom stereocenters. The molecule has 1 heterocycles. The summed E-state index contributed by atoms with van der Waals surface area (Å²) >= 11 is 1.73. The van der Waals surface area contributed by atoms with E-state index in [1.54, 1.807) is 11.8 Å². The molecule has 122 valence electrons. The molecule has 0 N–H and O–H groups in total. The highest BCUT2D eigenvalue weighted by molar-refractivity contribution is 7.99. The smallest absolute Gasteiger partial charge is 0.245 e.